The van der Waals surface area contributed by atoms with Crippen molar-refractivity contribution in [2.24, 2.45) is 0 Å². The number of carbonyl (C=O) groups is 2. The van der Waals surface area contributed by atoms with E-state index in [9.17, 15) is 9.59 Å². The highest BCUT2D eigenvalue weighted by Gasteiger charge is 2.14. The van der Waals surface area contributed by atoms with Crippen LogP contribution in [0.4, 0.5) is 11.4 Å². The van der Waals surface area contributed by atoms with E-state index in [-0.39, 0.29) is 11.8 Å². The minimum absolute atomic E-state index is 0.127. The normalized spacial score (nSPS) is 10.3. The van der Waals surface area contributed by atoms with Gasteiger partial charge in [-0.1, -0.05) is 29.8 Å². The summed E-state index contributed by atoms with van der Waals surface area (Å²) in [4.78, 5) is 24.3. The summed E-state index contributed by atoms with van der Waals surface area (Å²) in [5.74, 6) is -0.268. The van der Waals surface area contributed by atoms with E-state index in [1.165, 1.54) is 23.8 Å². The molecule has 4 nitrogen and oxygen atoms in total. The van der Waals surface area contributed by atoms with Crippen molar-refractivity contribution in [2.45, 2.75) is 13.8 Å². The molecule has 0 bridgehead atoms. The third-order valence-corrected chi connectivity index (χ3v) is 4.61. The van der Waals surface area contributed by atoms with Crippen molar-refractivity contribution < 1.29 is 9.59 Å². The lowest BCUT2D eigenvalue weighted by atomic mass is 10.0. The first kappa shape index (κ1) is 16.9. The van der Waals surface area contributed by atoms with Crippen LogP contribution in [0.25, 0.3) is 11.1 Å². The Hall–Kier alpha value is -2.92. The molecule has 0 aliphatic heterocycles. The second-order valence-electron chi connectivity index (χ2n) is 5.74. The van der Waals surface area contributed by atoms with Crippen LogP contribution in [-0.2, 0) is 4.79 Å². The van der Waals surface area contributed by atoms with Crippen LogP contribution >= 0.6 is 11.3 Å². The molecule has 0 spiro atoms. The van der Waals surface area contributed by atoms with E-state index in [1.54, 1.807) is 24.3 Å². The number of nitrogens with one attached hydrogen (secondary N) is 2. The van der Waals surface area contributed by atoms with Gasteiger partial charge in [-0.2, -0.15) is 0 Å². The topological polar surface area (TPSA) is 58.2 Å². The molecule has 0 aliphatic rings. The van der Waals surface area contributed by atoms with Crippen LogP contribution < -0.4 is 10.6 Å². The number of aryl methyl sites for hydroxylation is 1. The zero-order valence-corrected chi connectivity index (χ0v) is 14.8. The first-order valence-electron chi connectivity index (χ1n) is 7.86. The summed E-state index contributed by atoms with van der Waals surface area (Å²) in [5, 5.41) is 7.52. The van der Waals surface area contributed by atoms with Gasteiger partial charge in [0.15, 0.2) is 0 Å². The van der Waals surface area contributed by atoms with Crippen molar-refractivity contribution in [2.75, 3.05) is 10.6 Å². The summed E-state index contributed by atoms with van der Waals surface area (Å²) in [6, 6.07) is 17.1. The second-order valence-corrected chi connectivity index (χ2v) is 6.66. The number of anilines is 2. The highest BCUT2D eigenvalue weighted by molar-refractivity contribution is 7.12. The van der Waals surface area contributed by atoms with Gasteiger partial charge in [0.25, 0.3) is 5.91 Å². The maximum Gasteiger partial charge on any atom is 0.266 e. The van der Waals surface area contributed by atoms with Crippen LogP contribution in [0.1, 0.15) is 22.2 Å². The number of thiophene rings is 1. The molecule has 0 unspecified atom stereocenters. The molecule has 5 heteroatoms. The molecule has 1 heterocycles. The van der Waals surface area contributed by atoms with Crippen LogP contribution in [0.15, 0.2) is 60.0 Å². The zero-order chi connectivity index (χ0) is 17.8. The van der Waals surface area contributed by atoms with Gasteiger partial charge in [-0.3, -0.25) is 9.59 Å². The summed E-state index contributed by atoms with van der Waals surface area (Å²) >= 11 is 1.42. The van der Waals surface area contributed by atoms with Crippen LogP contribution in [0.5, 0.6) is 0 Å². The van der Waals surface area contributed by atoms with E-state index in [0.717, 1.165) is 11.1 Å². The van der Waals surface area contributed by atoms with E-state index in [4.69, 9.17) is 0 Å². The van der Waals surface area contributed by atoms with Crippen molar-refractivity contribution in [3.05, 3.63) is 70.4 Å². The van der Waals surface area contributed by atoms with Crippen molar-refractivity contribution >= 4 is 34.5 Å². The lowest BCUT2D eigenvalue weighted by Crippen LogP contribution is -2.11. The Morgan fingerprint density at radius 3 is 2.04 bits per heavy atom. The molecule has 126 valence electrons. The van der Waals surface area contributed by atoms with Crippen LogP contribution in [-0.4, -0.2) is 11.8 Å². The molecule has 3 rings (SSSR count). The first-order valence-corrected chi connectivity index (χ1v) is 8.74. The standard InChI is InChI=1S/C20H18N2O2S/c1-13-3-5-15(6-4-13)18-11-12-25-19(18)20(24)22-17-9-7-16(8-10-17)21-14(2)23/h3-12H,1-2H3,(H,21,23)(H,22,24). The molecule has 3 aromatic rings. The molecule has 25 heavy (non-hydrogen) atoms. The fourth-order valence-electron chi connectivity index (χ4n) is 2.47. The maximum absolute atomic E-state index is 12.6. The monoisotopic (exact) mass is 350 g/mol. The summed E-state index contributed by atoms with van der Waals surface area (Å²) in [6.45, 7) is 3.49. The molecular weight excluding hydrogens is 332 g/mol. The Labute approximate surface area is 150 Å². The Kier molecular flexibility index (Phi) is 4.95. The predicted octanol–water partition coefficient (Wildman–Crippen LogP) is 4.93. The number of hydrogen-bond donors (Lipinski definition) is 2. The number of benzene rings is 2. The SMILES string of the molecule is CC(=O)Nc1ccc(NC(=O)c2sccc2-c2ccc(C)cc2)cc1. The average molecular weight is 350 g/mol. The quantitative estimate of drug-likeness (QED) is 0.700. The summed E-state index contributed by atoms with van der Waals surface area (Å²) in [7, 11) is 0. The van der Waals surface area contributed by atoms with E-state index in [1.807, 2.05) is 42.6 Å². The lowest BCUT2D eigenvalue weighted by molar-refractivity contribution is -0.114. The van der Waals surface area contributed by atoms with Gasteiger partial charge in [0, 0.05) is 23.9 Å². The molecule has 0 radical (unpaired) electrons. The molecular formula is C20H18N2O2S. The second kappa shape index (κ2) is 7.32. The fraction of sp³-hybridized carbons (Fsp3) is 0.100. The van der Waals surface area contributed by atoms with Crippen molar-refractivity contribution in [1.29, 1.82) is 0 Å². The van der Waals surface area contributed by atoms with Crippen LogP contribution in [0.3, 0.4) is 0 Å². The van der Waals surface area contributed by atoms with Gasteiger partial charge < -0.3 is 10.6 Å². The molecule has 0 saturated carbocycles. The van der Waals surface area contributed by atoms with E-state index >= 15 is 0 Å². The largest absolute Gasteiger partial charge is 0.326 e. The van der Waals surface area contributed by atoms with Gasteiger partial charge in [-0.15, -0.1) is 11.3 Å². The first-order chi connectivity index (χ1) is 12.0. The van der Waals surface area contributed by atoms with Gasteiger partial charge in [0.1, 0.15) is 0 Å². The summed E-state index contributed by atoms with van der Waals surface area (Å²) in [6.07, 6.45) is 0. The van der Waals surface area contributed by atoms with Gasteiger partial charge in [-0.05, 0) is 48.2 Å². The lowest BCUT2D eigenvalue weighted by Gasteiger charge is -2.08. The van der Waals surface area contributed by atoms with Gasteiger partial charge in [0.2, 0.25) is 5.91 Å². The Bertz CT molecular complexity index is 896. The molecule has 0 aliphatic carbocycles. The van der Waals surface area contributed by atoms with Gasteiger partial charge in [-0.25, -0.2) is 0 Å². The highest BCUT2D eigenvalue weighted by atomic mass is 32.1. The number of amides is 2. The average Bonchev–Trinajstić information content (AvgIpc) is 3.06. The third kappa shape index (κ3) is 4.14. The third-order valence-electron chi connectivity index (χ3n) is 3.70. The Balaban J connectivity index is 1.77. The fourth-order valence-corrected chi connectivity index (χ4v) is 3.28. The summed E-state index contributed by atoms with van der Waals surface area (Å²) < 4.78 is 0. The van der Waals surface area contributed by atoms with E-state index in [2.05, 4.69) is 10.6 Å². The molecule has 2 amide bonds. The number of rotatable bonds is 4. The molecule has 2 aromatic carbocycles. The zero-order valence-electron chi connectivity index (χ0n) is 14.0. The van der Waals surface area contributed by atoms with Crippen LogP contribution in [0.2, 0.25) is 0 Å². The van der Waals surface area contributed by atoms with Crippen molar-refractivity contribution in [3.8, 4) is 11.1 Å². The van der Waals surface area contributed by atoms with Crippen molar-refractivity contribution in [1.82, 2.24) is 0 Å². The Morgan fingerprint density at radius 1 is 0.840 bits per heavy atom. The van der Waals surface area contributed by atoms with Gasteiger partial charge >= 0.3 is 0 Å². The Morgan fingerprint density at radius 2 is 1.44 bits per heavy atom. The van der Waals surface area contributed by atoms with Crippen LogP contribution in [0, 0.1) is 6.92 Å². The minimum atomic E-state index is -0.141. The minimum Gasteiger partial charge on any atom is -0.326 e. The number of hydrogen-bond acceptors (Lipinski definition) is 3. The highest BCUT2D eigenvalue weighted by Crippen LogP contribution is 2.29. The molecule has 0 fully saturated rings. The molecule has 0 saturated heterocycles. The molecule has 2 N–H and O–H groups in total. The van der Waals surface area contributed by atoms with Crippen molar-refractivity contribution in [3.63, 3.8) is 0 Å². The smallest absolute Gasteiger partial charge is 0.266 e. The number of carbonyl (C=O) groups excluding carboxylic acids is 2. The molecule has 1 aromatic heterocycles. The van der Waals surface area contributed by atoms with E-state index < -0.39 is 0 Å². The maximum atomic E-state index is 12.6. The van der Waals surface area contributed by atoms with Gasteiger partial charge in [0.05, 0.1) is 4.88 Å². The molecule has 0 atom stereocenters. The van der Waals surface area contributed by atoms with E-state index in [0.29, 0.717) is 16.3 Å². The summed E-state index contributed by atoms with van der Waals surface area (Å²) in [5.41, 5.74) is 4.52. The predicted molar refractivity (Wildman–Crippen MR) is 103 cm³/mol.